The summed E-state index contributed by atoms with van der Waals surface area (Å²) in [5, 5.41) is 10.5. The van der Waals surface area contributed by atoms with E-state index in [1.54, 1.807) is 0 Å². The maximum absolute atomic E-state index is 11.8. The van der Waals surface area contributed by atoms with Crippen LogP contribution in [0.25, 0.3) is 0 Å². The molecule has 0 aromatic heterocycles. The average Bonchev–Trinajstić information content (AvgIpc) is 2.24. The molecule has 0 bridgehead atoms. The molecule has 0 heterocycles. The second-order valence-electron chi connectivity index (χ2n) is 3.01. The Morgan fingerprint density at radius 3 is 2.67 bits per heavy atom. The van der Waals surface area contributed by atoms with Crippen molar-refractivity contribution in [1.82, 2.24) is 0 Å². The normalized spacial score (nSPS) is 11.3. The first-order valence-corrected chi connectivity index (χ1v) is 6.35. The van der Waals surface area contributed by atoms with Crippen molar-refractivity contribution in [3.63, 3.8) is 0 Å². The Kier molecular flexibility index (Phi) is 5.27. The quantitative estimate of drug-likeness (QED) is 0.460. The van der Waals surface area contributed by atoms with Crippen LogP contribution < -0.4 is 4.74 Å². The fourth-order valence-corrected chi connectivity index (χ4v) is 1.78. The van der Waals surface area contributed by atoms with Gasteiger partial charge in [0, 0.05) is 11.8 Å². The van der Waals surface area contributed by atoms with Crippen molar-refractivity contribution >= 4 is 33.4 Å². The zero-order valence-electron chi connectivity index (χ0n) is 8.74. The molecular formula is C9H7BrF3NO3S. The van der Waals surface area contributed by atoms with Crippen LogP contribution in [0.15, 0.2) is 22.7 Å². The van der Waals surface area contributed by atoms with Gasteiger partial charge in [-0.3, -0.25) is 10.1 Å². The van der Waals surface area contributed by atoms with Crippen molar-refractivity contribution in [3.05, 3.63) is 32.8 Å². The van der Waals surface area contributed by atoms with Gasteiger partial charge in [-0.05, 0) is 33.8 Å². The minimum absolute atomic E-state index is 0.145. The molecule has 0 N–H and O–H groups in total. The lowest BCUT2D eigenvalue weighted by atomic mass is 10.3. The number of non-ortho nitro benzene ring substituents is 1. The molecule has 1 aromatic carbocycles. The fourth-order valence-electron chi connectivity index (χ4n) is 1.03. The maximum atomic E-state index is 11.8. The van der Waals surface area contributed by atoms with Gasteiger partial charge in [-0.25, -0.2) is 0 Å². The Labute approximate surface area is 113 Å². The number of hydrogen-bond acceptors (Lipinski definition) is 4. The summed E-state index contributed by atoms with van der Waals surface area (Å²) in [7, 11) is 0. The lowest BCUT2D eigenvalue weighted by molar-refractivity contribution is -0.384. The van der Waals surface area contributed by atoms with Crippen LogP contribution in [0, 0.1) is 10.1 Å². The van der Waals surface area contributed by atoms with Gasteiger partial charge < -0.3 is 4.74 Å². The van der Waals surface area contributed by atoms with Gasteiger partial charge in [-0.2, -0.15) is 13.2 Å². The number of hydrogen-bond donors (Lipinski definition) is 0. The highest BCUT2D eigenvalue weighted by Crippen LogP contribution is 2.31. The molecule has 100 valence electrons. The summed E-state index contributed by atoms with van der Waals surface area (Å²) in [6.07, 6.45) is 0. The molecule has 0 aliphatic carbocycles. The number of nitro groups is 1. The number of thioether (sulfide) groups is 1. The van der Waals surface area contributed by atoms with Gasteiger partial charge in [-0.1, -0.05) is 0 Å². The highest BCUT2D eigenvalue weighted by atomic mass is 79.9. The van der Waals surface area contributed by atoms with Crippen LogP contribution in [0.4, 0.5) is 18.9 Å². The van der Waals surface area contributed by atoms with Crippen LogP contribution in [-0.2, 0) is 0 Å². The topological polar surface area (TPSA) is 52.4 Å². The van der Waals surface area contributed by atoms with E-state index >= 15 is 0 Å². The van der Waals surface area contributed by atoms with Gasteiger partial charge in [0.25, 0.3) is 5.69 Å². The summed E-state index contributed by atoms with van der Waals surface area (Å²) in [6, 6.07) is 3.83. The van der Waals surface area contributed by atoms with Gasteiger partial charge in [0.2, 0.25) is 0 Å². The van der Waals surface area contributed by atoms with Gasteiger partial charge in [0.05, 0.1) is 22.1 Å². The van der Waals surface area contributed by atoms with Crippen molar-refractivity contribution in [2.75, 3.05) is 12.4 Å². The third-order valence-corrected chi connectivity index (χ3v) is 3.09. The number of rotatable bonds is 5. The van der Waals surface area contributed by atoms with Crippen molar-refractivity contribution in [2.24, 2.45) is 0 Å². The number of nitro benzene ring substituents is 1. The van der Waals surface area contributed by atoms with Gasteiger partial charge in [-0.15, -0.1) is 0 Å². The lowest BCUT2D eigenvalue weighted by Gasteiger charge is -2.09. The summed E-state index contributed by atoms with van der Waals surface area (Å²) in [5.74, 6) is -0.134. The Hall–Kier alpha value is -0.960. The molecule has 0 atom stereocenters. The highest BCUT2D eigenvalue weighted by molar-refractivity contribution is 9.10. The van der Waals surface area contributed by atoms with E-state index in [1.165, 1.54) is 12.1 Å². The maximum Gasteiger partial charge on any atom is 0.441 e. The molecule has 1 aromatic rings. The standard InChI is InChI=1S/C9H7BrF3NO3S/c10-7-2-1-6(14(15)16)5-8(7)17-3-4-18-9(11,12)13/h1-2,5H,3-4H2. The third kappa shape index (κ3) is 5.13. The predicted octanol–water partition coefficient (Wildman–Crippen LogP) is 3.99. The zero-order chi connectivity index (χ0) is 13.8. The van der Waals surface area contributed by atoms with E-state index in [4.69, 9.17) is 4.74 Å². The van der Waals surface area contributed by atoms with Crippen LogP contribution in [0.1, 0.15) is 0 Å². The van der Waals surface area contributed by atoms with Crippen molar-refractivity contribution in [3.8, 4) is 5.75 Å². The zero-order valence-corrected chi connectivity index (χ0v) is 11.1. The molecule has 9 heteroatoms. The van der Waals surface area contributed by atoms with Crippen LogP contribution in [0.2, 0.25) is 0 Å². The van der Waals surface area contributed by atoms with E-state index in [0.29, 0.717) is 4.47 Å². The molecule has 0 spiro atoms. The SMILES string of the molecule is O=[N+]([O-])c1ccc(Br)c(OCCSC(F)(F)F)c1. The first-order chi connectivity index (χ1) is 8.29. The largest absolute Gasteiger partial charge is 0.491 e. The number of benzene rings is 1. The molecule has 0 saturated carbocycles. The molecule has 1 rings (SSSR count). The second-order valence-corrected chi connectivity index (χ2v) is 5.03. The smallest absolute Gasteiger partial charge is 0.441 e. The van der Waals surface area contributed by atoms with E-state index in [2.05, 4.69) is 15.9 Å². The summed E-state index contributed by atoms with van der Waals surface area (Å²) in [5.41, 5.74) is -4.49. The number of ether oxygens (including phenoxy) is 1. The Bertz CT molecular complexity index is 442. The number of nitrogens with zero attached hydrogens (tertiary/aromatic N) is 1. The summed E-state index contributed by atoms with van der Waals surface area (Å²) in [4.78, 5) is 9.90. The molecule has 0 fully saturated rings. The van der Waals surface area contributed by atoms with Crippen LogP contribution in [0.5, 0.6) is 5.75 Å². The Balaban J connectivity index is 2.56. The predicted molar refractivity (Wildman–Crippen MR) is 64.8 cm³/mol. The molecule has 18 heavy (non-hydrogen) atoms. The van der Waals surface area contributed by atoms with E-state index in [-0.39, 0.29) is 35.6 Å². The molecule has 0 amide bonds. The second kappa shape index (κ2) is 6.28. The molecule has 0 unspecified atom stereocenters. The first kappa shape index (κ1) is 15.1. The van der Waals surface area contributed by atoms with Gasteiger partial charge in [0.15, 0.2) is 0 Å². The lowest BCUT2D eigenvalue weighted by Crippen LogP contribution is -2.07. The fraction of sp³-hybridized carbons (Fsp3) is 0.333. The summed E-state index contributed by atoms with van der Waals surface area (Å²) in [6.45, 7) is -0.191. The summed E-state index contributed by atoms with van der Waals surface area (Å²) >= 11 is 2.89. The molecule has 0 radical (unpaired) electrons. The van der Waals surface area contributed by atoms with Gasteiger partial charge >= 0.3 is 5.51 Å². The minimum atomic E-state index is -4.30. The number of alkyl halides is 3. The molecule has 4 nitrogen and oxygen atoms in total. The Morgan fingerprint density at radius 1 is 1.44 bits per heavy atom. The van der Waals surface area contributed by atoms with E-state index in [9.17, 15) is 23.3 Å². The van der Waals surface area contributed by atoms with Crippen molar-refractivity contribution in [1.29, 1.82) is 0 Å². The first-order valence-electron chi connectivity index (χ1n) is 4.57. The highest BCUT2D eigenvalue weighted by Gasteiger charge is 2.27. The molecule has 0 aliphatic heterocycles. The van der Waals surface area contributed by atoms with E-state index in [0.717, 1.165) is 6.07 Å². The molecule has 0 aliphatic rings. The monoisotopic (exact) mass is 345 g/mol. The van der Waals surface area contributed by atoms with Crippen molar-refractivity contribution in [2.45, 2.75) is 5.51 Å². The molecular weight excluding hydrogens is 339 g/mol. The van der Waals surface area contributed by atoms with E-state index in [1.807, 2.05) is 0 Å². The third-order valence-electron chi connectivity index (χ3n) is 1.73. The van der Waals surface area contributed by atoms with Gasteiger partial charge in [0.1, 0.15) is 5.75 Å². The Morgan fingerprint density at radius 2 is 2.11 bits per heavy atom. The number of halogens is 4. The summed E-state index contributed by atoms with van der Waals surface area (Å²) < 4.78 is 41.0. The van der Waals surface area contributed by atoms with Crippen LogP contribution in [-0.4, -0.2) is 22.8 Å². The van der Waals surface area contributed by atoms with E-state index < -0.39 is 10.4 Å². The van der Waals surface area contributed by atoms with Crippen LogP contribution >= 0.6 is 27.7 Å². The molecule has 0 saturated heterocycles. The van der Waals surface area contributed by atoms with Crippen molar-refractivity contribution < 1.29 is 22.8 Å². The average molecular weight is 346 g/mol. The van der Waals surface area contributed by atoms with Crippen LogP contribution in [0.3, 0.4) is 0 Å². The minimum Gasteiger partial charge on any atom is -0.491 e.